The molecule has 0 aromatic rings. The first-order chi connectivity index (χ1) is 39.6. The Bertz CT molecular complexity index is 1540. The standard InChI is InChI=1S/C67H123NO13/c1-3-5-7-9-11-13-15-17-19-21-23-25-27-29-30-32-34-36-38-40-42-44-46-48-50-56(71)55(54-78-66-64(77)62(75)65(58(53-70)80-66)81-67-63(76)61(74)60(73)57(52-69)79-67)68-59(72)51-49-47-45-43-41-39-37-35-33-31-28-26-24-22-20-18-16-14-12-10-8-6-4-2/h22,24,32,34,40,42,48,50,55-58,60-67,69-71,73-77H,3-21,23,25-31,33,35-39,41,43-47,49,51-54H2,1-2H3,(H,68,72)/b24-22-,34-32+,42-40+,50-48+. The second-order valence-corrected chi connectivity index (χ2v) is 23.6. The molecule has 2 aliphatic heterocycles. The van der Waals surface area contributed by atoms with Gasteiger partial charge in [0.05, 0.1) is 32.0 Å². The van der Waals surface area contributed by atoms with Gasteiger partial charge in [-0.25, -0.2) is 0 Å². The summed E-state index contributed by atoms with van der Waals surface area (Å²) < 4.78 is 22.8. The van der Waals surface area contributed by atoms with E-state index < -0.39 is 86.8 Å². The second kappa shape index (κ2) is 52.3. The van der Waals surface area contributed by atoms with Crippen LogP contribution in [0.25, 0.3) is 0 Å². The maximum atomic E-state index is 13.3. The molecule has 474 valence electrons. The van der Waals surface area contributed by atoms with Gasteiger partial charge in [-0.05, 0) is 70.6 Å². The van der Waals surface area contributed by atoms with E-state index in [2.05, 4.69) is 55.6 Å². The lowest BCUT2D eigenvalue weighted by Crippen LogP contribution is -2.65. The van der Waals surface area contributed by atoms with Crippen molar-refractivity contribution in [1.82, 2.24) is 5.32 Å². The highest BCUT2D eigenvalue weighted by molar-refractivity contribution is 5.76. The molecule has 1 amide bonds. The quantitative estimate of drug-likeness (QED) is 0.0204. The number of hydrogen-bond acceptors (Lipinski definition) is 13. The molecular weight excluding hydrogens is 1030 g/mol. The smallest absolute Gasteiger partial charge is 0.220 e. The van der Waals surface area contributed by atoms with E-state index in [9.17, 15) is 45.6 Å². The molecule has 2 aliphatic rings. The molecule has 0 radical (unpaired) electrons. The van der Waals surface area contributed by atoms with E-state index >= 15 is 0 Å². The van der Waals surface area contributed by atoms with E-state index in [0.717, 1.165) is 44.9 Å². The molecule has 12 atom stereocenters. The van der Waals surface area contributed by atoms with Crippen molar-refractivity contribution in [2.75, 3.05) is 19.8 Å². The summed E-state index contributed by atoms with van der Waals surface area (Å²) in [6, 6.07) is -0.940. The van der Waals surface area contributed by atoms with Gasteiger partial charge in [-0.3, -0.25) is 4.79 Å². The van der Waals surface area contributed by atoms with Gasteiger partial charge in [-0.15, -0.1) is 0 Å². The number of allylic oxidation sites excluding steroid dienone is 7. The van der Waals surface area contributed by atoms with Crippen molar-refractivity contribution in [3.63, 3.8) is 0 Å². The van der Waals surface area contributed by atoms with Gasteiger partial charge in [0.1, 0.15) is 48.8 Å². The summed E-state index contributed by atoms with van der Waals surface area (Å²) in [7, 11) is 0. The number of rotatable bonds is 54. The molecular formula is C67H123NO13. The fourth-order valence-electron chi connectivity index (χ4n) is 10.8. The Morgan fingerprint density at radius 1 is 0.432 bits per heavy atom. The highest BCUT2D eigenvalue weighted by atomic mass is 16.7. The van der Waals surface area contributed by atoms with Crippen molar-refractivity contribution >= 4 is 5.91 Å². The molecule has 0 saturated carbocycles. The zero-order valence-corrected chi connectivity index (χ0v) is 51.3. The lowest BCUT2D eigenvalue weighted by Gasteiger charge is -2.46. The van der Waals surface area contributed by atoms with Crippen molar-refractivity contribution in [2.45, 2.75) is 351 Å². The van der Waals surface area contributed by atoms with E-state index in [1.165, 1.54) is 199 Å². The van der Waals surface area contributed by atoms with Crippen LogP contribution < -0.4 is 5.32 Å². The van der Waals surface area contributed by atoms with Crippen LogP contribution in [0.4, 0.5) is 0 Å². The molecule has 0 aromatic carbocycles. The van der Waals surface area contributed by atoms with Crippen LogP contribution in [0.2, 0.25) is 0 Å². The lowest BCUT2D eigenvalue weighted by atomic mass is 9.97. The summed E-state index contributed by atoms with van der Waals surface area (Å²) in [6.45, 7) is 2.80. The fourth-order valence-corrected chi connectivity index (χ4v) is 10.8. The van der Waals surface area contributed by atoms with Gasteiger partial charge in [0, 0.05) is 6.42 Å². The van der Waals surface area contributed by atoms with Crippen molar-refractivity contribution < 1.29 is 64.6 Å². The molecule has 2 saturated heterocycles. The van der Waals surface area contributed by atoms with E-state index in [1.807, 2.05) is 6.08 Å². The molecule has 14 nitrogen and oxygen atoms in total. The number of aliphatic hydroxyl groups is 8. The van der Waals surface area contributed by atoms with Gasteiger partial charge in [0.2, 0.25) is 5.91 Å². The van der Waals surface area contributed by atoms with E-state index in [-0.39, 0.29) is 18.9 Å². The van der Waals surface area contributed by atoms with E-state index in [0.29, 0.717) is 12.8 Å². The number of carbonyl (C=O) groups excluding carboxylic acids is 1. The van der Waals surface area contributed by atoms with Gasteiger partial charge >= 0.3 is 0 Å². The third kappa shape index (κ3) is 37.2. The Kier molecular flexibility index (Phi) is 48.5. The Hall–Kier alpha value is -2.05. The monoisotopic (exact) mass is 1150 g/mol. The molecule has 2 rings (SSSR count). The second-order valence-electron chi connectivity index (χ2n) is 23.6. The summed E-state index contributed by atoms with van der Waals surface area (Å²) >= 11 is 0. The number of aliphatic hydroxyl groups excluding tert-OH is 8. The SMILES string of the molecule is CCCCCCCCCC/C=C\CCCCCCCCCCCCCC(=O)NC(COC1OC(CO)C(OC2OC(CO)C(O)C(O)C2O)C(O)C1O)C(O)/C=C/CC/C=C/CC/C=C/CCCCCCCCCCCCCCCC. The molecule has 0 bridgehead atoms. The number of hydrogen-bond donors (Lipinski definition) is 9. The molecule has 0 aromatic heterocycles. The highest BCUT2D eigenvalue weighted by Gasteiger charge is 2.51. The van der Waals surface area contributed by atoms with Crippen LogP contribution in [0.15, 0.2) is 48.6 Å². The van der Waals surface area contributed by atoms with Gasteiger partial charge in [0.15, 0.2) is 12.6 Å². The Balaban J connectivity index is 1.74. The van der Waals surface area contributed by atoms with Gasteiger partial charge < -0.3 is 65.1 Å². The first kappa shape index (κ1) is 75.0. The molecule has 14 heteroatoms. The summed E-state index contributed by atoms with van der Waals surface area (Å²) in [5.41, 5.74) is 0. The van der Waals surface area contributed by atoms with Crippen LogP contribution >= 0.6 is 0 Å². The van der Waals surface area contributed by atoms with Crippen LogP contribution in [0.5, 0.6) is 0 Å². The Morgan fingerprint density at radius 3 is 1.21 bits per heavy atom. The van der Waals surface area contributed by atoms with Crippen molar-refractivity contribution in [2.24, 2.45) is 0 Å². The minimum atomic E-state index is -1.79. The fraction of sp³-hybridized carbons (Fsp3) is 0.866. The van der Waals surface area contributed by atoms with Crippen molar-refractivity contribution in [3.05, 3.63) is 48.6 Å². The predicted octanol–water partition coefficient (Wildman–Crippen LogP) is 12.7. The lowest BCUT2D eigenvalue weighted by molar-refractivity contribution is -0.359. The summed E-state index contributed by atoms with van der Waals surface area (Å²) in [5.74, 6) is -0.252. The number of unbranched alkanes of at least 4 members (excludes halogenated alkanes) is 35. The maximum absolute atomic E-state index is 13.3. The van der Waals surface area contributed by atoms with Crippen LogP contribution in [-0.4, -0.2) is 140 Å². The zero-order valence-electron chi connectivity index (χ0n) is 51.3. The van der Waals surface area contributed by atoms with Crippen molar-refractivity contribution in [1.29, 1.82) is 0 Å². The summed E-state index contributed by atoms with van der Waals surface area (Å²) in [6.07, 6.45) is 50.2. The molecule has 81 heavy (non-hydrogen) atoms. The molecule has 12 unspecified atom stereocenters. The van der Waals surface area contributed by atoms with E-state index in [1.54, 1.807) is 6.08 Å². The zero-order chi connectivity index (χ0) is 58.8. The molecule has 0 spiro atoms. The number of amides is 1. The minimum Gasteiger partial charge on any atom is -0.394 e. The molecule has 2 heterocycles. The van der Waals surface area contributed by atoms with Gasteiger partial charge in [0.25, 0.3) is 0 Å². The molecule has 2 fully saturated rings. The van der Waals surface area contributed by atoms with Gasteiger partial charge in [-0.1, -0.05) is 249 Å². The third-order valence-corrected chi connectivity index (χ3v) is 16.2. The van der Waals surface area contributed by atoms with Crippen LogP contribution in [0.1, 0.15) is 277 Å². The number of ether oxygens (including phenoxy) is 4. The summed E-state index contributed by atoms with van der Waals surface area (Å²) in [4.78, 5) is 13.3. The first-order valence-electron chi connectivity index (χ1n) is 33.4. The van der Waals surface area contributed by atoms with Crippen molar-refractivity contribution in [3.8, 4) is 0 Å². The normalized spacial score (nSPS) is 24.4. The predicted molar refractivity (Wildman–Crippen MR) is 327 cm³/mol. The number of nitrogens with one attached hydrogen (secondary N) is 1. The topological polar surface area (TPSA) is 228 Å². The molecule has 0 aliphatic carbocycles. The third-order valence-electron chi connectivity index (χ3n) is 16.2. The first-order valence-corrected chi connectivity index (χ1v) is 33.4. The van der Waals surface area contributed by atoms with Gasteiger partial charge in [-0.2, -0.15) is 0 Å². The largest absolute Gasteiger partial charge is 0.394 e. The van der Waals surface area contributed by atoms with Crippen LogP contribution in [-0.2, 0) is 23.7 Å². The number of carbonyl (C=O) groups is 1. The van der Waals surface area contributed by atoms with Crippen LogP contribution in [0, 0.1) is 0 Å². The average Bonchev–Trinajstić information content (AvgIpc) is 3.47. The molecule has 9 N–H and O–H groups in total. The minimum absolute atomic E-state index is 0.252. The Morgan fingerprint density at radius 2 is 0.790 bits per heavy atom. The highest BCUT2D eigenvalue weighted by Crippen LogP contribution is 2.30. The van der Waals surface area contributed by atoms with E-state index in [4.69, 9.17) is 18.9 Å². The average molecular weight is 1150 g/mol. The maximum Gasteiger partial charge on any atom is 0.220 e. The summed E-state index contributed by atoms with van der Waals surface area (Å²) in [5, 5.41) is 87.3. The Labute approximate surface area is 493 Å². The van der Waals surface area contributed by atoms with Crippen LogP contribution in [0.3, 0.4) is 0 Å².